The quantitative estimate of drug-likeness (QED) is 0.824. The van der Waals surface area contributed by atoms with Gasteiger partial charge in [0.05, 0.1) is 10.9 Å². The number of hydrogen-bond donors (Lipinski definition) is 2. The third kappa shape index (κ3) is 4.57. The van der Waals surface area contributed by atoms with Crippen LogP contribution in [0.3, 0.4) is 0 Å². The second kappa shape index (κ2) is 7.95. The number of imide groups is 1. The van der Waals surface area contributed by atoms with Gasteiger partial charge in [-0.2, -0.15) is 0 Å². The first-order valence-electron chi connectivity index (χ1n) is 6.86. The van der Waals surface area contributed by atoms with Gasteiger partial charge in [-0.25, -0.2) is 9.78 Å². The van der Waals surface area contributed by atoms with Gasteiger partial charge in [0.15, 0.2) is 4.34 Å². The van der Waals surface area contributed by atoms with Crippen LogP contribution in [-0.2, 0) is 4.79 Å². The summed E-state index contributed by atoms with van der Waals surface area (Å²) in [6.07, 6.45) is 0. The van der Waals surface area contributed by atoms with Crippen LogP contribution in [0, 0.1) is 0 Å². The van der Waals surface area contributed by atoms with Crippen LogP contribution in [0.1, 0.15) is 13.8 Å². The Balaban J connectivity index is 1.95. The summed E-state index contributed by atoms with van der Waals surface area (Å²) in [6.45, 7) is 4.03. The van der Waals surface area contributed by atoms with E-state index in [4.69, 9.17) is 0 Å². The molecule has 0 fully saturated rings. The minimum atomic E-state index is -0.468. The molecule has 1 heterocycles. The van der Waals surface area contributed by atoms with Gasteiger partial charge in [0.1, 0.15) is 0 Å². The highest BCUT2D eigenvalue weighted by Gasteiger charge is 2.18. The summed E-state index contributed by atoms with van der Waals surface area (Å²) in [4.78, 5) is 27.7. The molecule has 0 saturated carbocycles. The molecule has 0 saturated heterocycles. The van der Waals surface area contributed by atoms with Crippen molar-refractivity contribution in [3.63, 3.8) is 0 Å². The predicted octanol–water partition coefficient (Wildman–Crippen LogP) is 3.14. The van der Waals surface area contributed by atoms with Crippen molar-refractivity contribution in [2.24, 2.45) is 0 Å². The van der Waals surface area contributed by atoms with Crippen molar-refractivity contribution in [1.82, 2.24) is 15.6 Å². The van der Waals surface area contributed by atoms with E-state index in [2.05, 4.69) is 15.6 Å². The average Bonchev–Trinajstić information content (AvgIpc) is 2.96. The smallest absolute Gasteiger partial charge is 0.321 e. The molecule has 0 aliphatic carbocycles. The summed E-state index contributed by atoms with van der Waals surface area (Å²) < 4.78 is 0.803. The lowest BCUT2D eigenvalue weighted by Crippen LogP contribution is -2.42. The molecule has 1 aromatic carbocycles. The molecule has 7 heteroatoms. The van der Waals surface area contributed by atoms with Crippen LogP contribution in [0.15, 0.2) is 40.1 Å². The van der Waals surface area contributed by atoms with Gasteiger partial charge in [0, 0.05) is 17.5 Å². The fraction of sp³-hybridized carbons (Fsp3) is 0.267. The van der Waals surface area contributed by atoms with Crippen LogP contribution in [0.2, 0.25) is 0 Å². The van der Waals surface area contributed by atoms with Gasteiger partial charge in [-0.1, -0.05) is 42.1 Å². The molecule has 22 heavy (non-hydrogen) atoms. The van der Waals surface area contributed by atoms with Crippen LogP contribution >= 0.6 is 23.1 Å². The third-order valence-electron chi connectivity index (χ3n) is 2.77. The zero-order chi connectivity index (χ0) is 15.9. The molecule has 116 valence electrons. The maximum Gasteiger partial charge on any atom is 0.321 e. The molecule has 2 N–H and O–H groups in total. The van der Waals surface area contributed by atoms with Gasteiger partial charge in [-0.15, -0.1) is 11.3 Å². The summed E-state index contributed by atoms with van der Waals surface area (Å²) >= 11 is 2.83. The van der Waals surface area contributed by atoms with Gasteiger partial charge >= 0.3 is 6.03 Å². The fourth-order valence-corrected chi connectivity index (χ4v) is 3.65. The Kier molecular flexibility index (Phi) is 5.97. The average molecular weight is 335 g/mol. The Morgan fingerprint density at radius 1 is 1.32 bits per heavy atom. The normalized spacial score (nSPS) is 11.7. The lowest BCUT2D eigenvalue weighted by Gasteiger charge is -2.09. The van der Waals surface area contributed by atoms with Crippen molar-refractivity contribution in [1.29, 1.82) is 0 Å². The number of hydrogen-bond acceptors (Lipinski definition) is 5. The minimum absolute atomic E-state index is 0.326. The molecule has 1 atom stereocenters. The number of nitrogens with one attached hydrogen (secondary N) is 2. The summed E-state index contributed by atoms with van der Waals surface area (Å²) in [5, 5.41) is 6.41. The summed E-state index contributed by atoms with van der Waals surface area (Å²) in [5.41, 5.74) is 1.94. The van der Waals surface area contributed by atoms with Crippen molar-refractivity contribution in [3.05, 3.63) is 35.7 Å². The molecule has 5 nitrogen and oxygen atoms in total. The van der Waals surface area contributed by atoms with E-state index in [0.717, 1.165) is 15.6 Å². The Morgan fingerprint density at radius 3 is 2.73 bits per heavy atom. The molecule has 0 aliphatic heterocycles. The molecule has 2 rings (SSSR count). The van der Waals surface area contributed by atoms with Crippen LogP contribution in [0.25, 0.3) is 11.3 Å². The molecule has 0 aliphatic rings. The molecule has 0 unspecified atom stereocenters. The number of benzene rings is 1. The van der Waals surface area contributed by atoms with E-state index in [1.54, 1.807) is 13.8 Å². The van der Waals surface area contributed by atoms with Crippen LogP contribution in [0.4, 0.5) is 4.79 Å². The molecule has 0 bridgehead atoms. The van der Waals surface area contributed by atoms with E-state index in [1.165, 1.54) is 23.1 Å². The van der Waals surface area contributed by atoms with Crippen molar-refractivity contribution in [2.45, 2.75) is 23.4 Å². The molecule has 0 spiro atoms. The highest BCUT2D eigenvalue weighted by Crippen LogP contribution is 2.30. The summed E-state index contributed by atoms with van der Waals surface area (Å²) in [5.74, 6) is -0.326. The van der Waals surface area contributed by atoms with Crippen molar-refractivity contribution in [2.75, 3.05) is 6.54 Å². The number of carbonyl (C=O) groups is 2. The lowest BCUT2D eigenvalue weighted by molar-refractivity contribution is -0.119. The van der Waals surface area contributed by atoms with E-state index in [0.29, 0.717) is 6.54 Å². The Morgan fingerprint density at radius 2 is 2.05 bits per heavy atom. The third-order valence-corrected chi connectivity index (χ3v) is 4.85. The van der Waals surface area contributed by atoms with Gasteiger partial charge < -0.3 is 5.32 Å². The number of thioether (sulfide) groups is 1. The number of rotatable bonds is 5. The number of aromatic nitrogens is 1. The number of carbonyl (C=O) groups excluding carboxylic acids is 2. The first-order valence-corrected chi connectivity index (χ1v) is 8.62. The van der Waals surface area contributed by atoms with Crippen molar-refractivity contribution < 1.29 is 9.59 Å². The monoisotopic (exact) mass is 335 g/mol. The van der Waals surface area contributed by atoms with E-state index in [1.807, 2.05) is 35.7 Å². The topological polar surface area (TPSA) is 71.1 Å². The van der Waals surface area contributed by atoms with Gasteiger partial charge in [-0.3, -0.25) is 10.1 Å². The predicted molar refractivity (Wildman–Crippen MR) is 90.1 cm³/mol. The first-order chi connectivity index (χ1) is 10.6. The highest BCUT2D eigenvalue weighted by atomic mass is 32.2. The van der Waals surface area contributed by atoms with E-state index < -0.39 is 11.3 Å². The maximum absolute atomic E-state index is 11.9. The highest BCUT2D eigenvalue weighted by molar-refractivity contribution is 8.02. The molecular formula is C15H17N3O2S2. The molecule has 1 aromatic heterocycles. The second-order valence-electron chi connectivity index (χ2n) is 4.47. The molecule has 2 aromatic rings. The first kappa shape index (κ1) is 16.5. The van der Waals surface area contributed by atoms with Crippen LogP contribution in [0.5, 0.6) is 0 Å². The van der Waals surface area contributed by atoms with E-state index in [-0.39, 0.29) is 5.91 Å². The van der Waals surface area contributed by atoms with Gasteiger partial charge in [0.25, 0.3) is 0 Å². The second-order valence-corrected chi connectivity index (χ2v) is 6.92. The minimum Gasteiger partial charge on any atom is -0.338 e. The number of amides is 3. The van der Waals surface area contributed by atoms with Crippen LogP contribution < -0.4 is 10.6 Å². The van der Waals surface area contributed by atoms with E-state index >= 15 is 0 Å². The van der Waals surface area contributed by atoms with Crippen molar-refractivity contribution in [3.8, 4) is 11.3 Å². The SMILES string of the molecule is CCNC(=O)NC(=O)[C@@H](C)Sc1nc(-c2ccccc2)cs1. The number of thiazole rings is 1. The Bertz CT molecular complexity index is 643. The Labute approximate surface area is 137 Å². The summed E-state index contributed by atoms with van der Waals surface area (Å²) in [6, 6.07) is 9.40. The largest absolute Gasteiger partial charge is 0.338 e. The van der Waals surface area contributed by atoms with Crippen LogP contribution in [-0.4, -0.2) is 28.7 Å². The fourth-order valence-electron chi connectivity index (χ4n) is 1.68. The Hall–Kier alpha value is -1.86. The number of urea groups is 1. The number of nitrogens with zero attached hydrogens (tertiary/aromatic N) is 1. The maximum atomic E-state index is 11.9. The van der Waals surface area contributed by atoms with E-state index in [9.17, 15) is 9.59 Å². The zero-order valence-electron chi connectivity index (χ0n) is 12.3. The van der Waals surface area contributed by atoms with Crippen molar-refractivity contribution >= 4 is 35.0 Å². The van der Waals surface area contributed by atoms with Gasteiger partial charge in [0.2, 0.25) is 5.91 Å². The molecule has 3 amide bonds. The lowest BCUT2D eigenvalue weighted by atomic mass is 10.2. The molecule has 0 radical (unpaired) electrons. The standard InChI is InChI=1S/C15H17N3O2S2/c1-3-16-14(20)18-13(19)10(2)22-15-17-12(9-21-15)11-7-5-4-6-8-11/h4-10H,3H2,1-2H3,(H2,16,18,19,20)/t10-/m1/s1. The summed E-state index contributed by atoms with van der Waals surface area (Å²) in [7, 11) is 0. The molecular weight excluding hydrogens is 318 g/mol. The zero-order valence-corrected chi connectivity index (χ0v) is 14.0. The van der Waals surface area contributed by atoms with Gasteiger partial charge in [-0.05, 0) is 13.8 Å².